The molecule has 0 aliphatic rings. The topological polar surface area (TPSA) is 46.5 Å². The molecule has 0 amide bonds. The summed E-state index contributed by atoms with van der Waals surface area (Å²) >= 11 is 4.88. The molecule has 0 aliphatic heterocycles. The van der Waals surface area contributed by atoms with Gasteiger partial charge in [0.25, 0.3) is 0 Å². The monoisotopic (exact) mass is 192 g/mol. The van der Waals surface area contributed by atoms with E-state index >= 15 is 0 Å². The van der Waals surface area contributed by atoms with Crippen LogP contribution >= 0.6 is 12.2 Å². The number of nitrogens with one attached hydrogen (secondary N) is 1. The Kier molecular flexibility index (Phi) is 1.94. The average molecular weight is 192 g/mol. The summed E-state index contributed by atoms with van der Waals surface area (Å²) in [5.74, 6) is 0.738. The van der Waals surface area contributed by atoms with E-state index in [4.69, 9.17) is 12.2 Å². The van der Waals surface area contributed by atoms with E-state index in [0.717, 1.165) is 11.4 Å². The van der Waals surface area contributed by atoms with Crippen molar-refractivity contribution in [2.45, 2.75) is 6.92 Å². The van der Waals surface area contributed by atoms with Gasteiger partial charge in [0.15, 0.2) is 5.82 Å². The van der Waals surface area contributed by atoms with Crippen molar-refractivity contribution >= 4 is 12.2 Å². The maximum absolute atomic E-state index is 4.88. The number of aryl methyl sites for hydroxylation is 1. The molecule has 4 nitrogen and oxygen atoms in total. The lowest BCUT2D eigenvalue weighted by molar-refractivity contribution is 0.836. The fraction of sp³-hybridized carbons (Fsp3) is 0.125. The van der Waals surface area contributed by atoms with Crippen LogP contribution in [0.25, 0.3) is 5.82 Å². The number of hydrogen-bond acceptors (Lipinski definition) is 3. The van der Waals surface area contributed by atoms with Crippen LogP contribution in [0.1, 0.15) is 5.56 Å². The molecule has 0 spiro atoms. The first kappa shape index (κ1) is 8.12. The second-order valence-electron chi connectivity index (χ2n) is 2.73. The molecule has 2 aromatic rings. The lowest BCUT2D eigenvalue weighted by atomic mass is 10.4. The first-order chi connectivity index (χ1) is 6.25. The normalized spacial score (nSPS) is 10.2. The van der Waals surface area contributed by atoms with Crippen LogP contribution in [0.3, 0.4) is 0 Å². The summed E-state index contributed by atoms with van der Waals surface area (Å²) in [7, 11) is 0. The molecule has 5 heteroatoms. The standard InChI is InChI=1S/C8H8N4S/c1-6-2-11-12(5-6)7-3-10-8(13)4-9-7/h2-5H,1H3,(H,10,13). The molecule has 2 rings (SSSR count). The summed E-state index contributed by atoms with van der Waals surface area (Å²) in [5, 5.41) is 4.12. The van der Waals surface area contributed by atoms with E-state index in [0.29, 0.717) is 4.64 Å². The molecule has 0 aromatic carbocycles. The summed E-state index contributed by atoms with van der Waals surface area (Å²) in [5.41, 5.74) is 1.10. The average Bonchev–Trinajstić information content (AvgIpc) is 2.53. The van der Waals surface area contributed by atoms with Crippen molar-refractivity contribution in [1.82, 2.24) is 19.7 Å². The zero-order valence-electron chi connectivity index (χ0n) is 7.06. The molecular formula is C8H8N4S. The predicted octanol–water partition coefficient (Wildman–Crippen LogP) is 1.63. The molecule has 0 fully saturated rings. The Hall–Kier alpha value is -1.49. The first-order valence-corrected chi connectivity index (χ1v) is 4.23. The van der Waals surface area contributed by atoms with Crippen molar-refractivity contribution in [3.8, 4) is 5.82 Å². The number of hydrogen-bond donors (Lipinski definition) is 1. The molecule has 0 aliphatic carbocycles. The van der Waals surface area contributed by atoms with Gasteiger partial charge in [-0.25, -0.2) is 9.67 Å². The lowest BCUT2D eigenvalue weighted by Gasteiger charge is -1.97. The molecule has 0 radical (unpaired) electrons. The van der Waals surface area contributed by atoms with Crippen LogP contribution in [-0.2, 0) is 0 Å². The molecule has 0 atom stereocenters. The minimum atomic E-state index is 0.618. The fourth-order valence-corrected chi connectivity index (χ4v) is 1.11. The summed E-state index contributed by atoms with van der Waals surface area (Å²) < 4.78 is 2.31. The number of aromatic nitrogens is 4. The minimum Gasteiger partial charge on any atom is -0.348 e. The van der Waals surface area contributed by atoms with E-state index in [2.05, 4.69) is 15.1 Å². The number of rotatable bonds is 1. The Morgan fingerprint density at radius 1 is 1.46 bits per heavy atom. The summed E-state index contributed by atoms with van der Waals surface area (Å²) in [6, 6.07) is 0. The Labute approximate surface area is 80.3 Å². The van der Waals surface area contributed by atoms with Gasteiger partial charge in [-0.1, -0.05) is 12.2 Å². The molecule has 2 aromatic heterocycles. The summed E-state index contributed by atoms with van der Waals surface area (Å²) in [6.45, 7) is 1.98. The largest absolute Gasteiger partial charge is 0.348 e. The maximum Gasteiger partial charge on any atom is 0.169 e. The van der Waals surface area contributed by atoms with Crippen LogP contribution in [0.15, 0.2) is 24.8 Å². The number of H-pyrrole nitrogens is 1. The van der Waals surface area contributed by atoms with Crippen LogP contribution in [0, 0.1) is 11.6 Å². The highest BCUT2D eigenvalue weighted by Crippen LogP contribution is 2.01. The molecule has 1 N–H and O–H groups in total. The SMILES string of the molecule is Cc1cnn(-c2c[nH]c(=S)cn2)c1. The van der Waals surface area contributed by atoms with E-state index in [1.807, 2.05) is 13.1 Å². The predicted molar refractivity (Wildman–Crippen MR) is 51.3 cm³/mol. The Morgan fingerprint density at radius 2 is 2.31 bits per heavy atom. The summed E-state index contributed by atoms with van der Waals surface area (Å²) in [4.78, 5) is 7.03. The second-order valence-corrected chi connectivity index (χ2v) is 3.17. The van der Waals surface area contributed by atoms with Crippen LogP contribution in [-0.4, -0.2) is 19.7 Å². The van der Waals surface area contributed by atoms with Crippen molar-refractivity contribution in [2.24, 2.45) is 0 Å². The minimum absolute atomic E-state index is 0.618. The van der Waals surface area contributed by atoms with Crippen molar-refractivity contribution < 1.29 is 0 Å². The number of aromatic amines is 1. The van der Waals surface area contributed by atoms with Gasteiger partial charge in [0.1, 0.15) is 4.64 Å². The lowest BCUT2D eigenvalue weighted by Crippen LogP contribution is -1.97. The van der Waals surface area contributed by atoms with E-state index in [9.17, 15) is 0 Å². The molecule has 66 valence electrons. The smallest absolute Gasteiger partial charge is 0.169 e. The Bertz CT molecular complexity index is 450. The van der Waals surface area contributed by atoms with E-state index in [1.54, 1.807) is 23.3 Å². The van der Waals surface area contributed by atoms with Crippen molar-refractivity contribution in [3.05, 3.63) is 35.0 Å². The van der Waals surface area contributed by atoms with Gasteiger partial charge in [-0.05, 0) is 12.5 Å². The molecule has 0 bridgehead atoms. The van der Waals surface area contributed by atoms with Crippen molar-refractivity contribution in [3.63, 3.8) is 0 Å². The molecule has 2 heterocycles. The van der Waals surface area contributed by atoms with Crippen LogP contribution in [0.4, 0.5) is 0 Å². The molecular weight excluding hydrogens is 184 g/mol. The van der Waals surface area contributed by atoms with Crippen LogP contribution in [0.2, 0.25) is 0 Å². The van der Waals surface area contributed by atoms with Gasteiger partial charge >= 0.3 is 0 Å². The van der Waals surface area contributed by atoms with Gasteiger partial charge in [0.2, 0.25) is 0 Å². The quantitative estimate of drug-likeness (QED) is 0.698. The van der Waals surface area contributed by atoms with Gasteiger partial charge in [-0.3, -0.25) is 0 Å². The highest BCUT2D eigenvalue weighted by atomic mass is 32.1. The van der Waals surface area contributed by atoms with Crippen LogP contribution < -0.4 is 0 Å². The second kappa shape index (κ2) is 3.10. The maximum atomic E-state index is 4.88. The van der Waals surface area contributed by atoms with Crippen molar-refractivity contribution in [2.75, 3.05) is 0 Å². The molecule has 0 unspecified atom stereocenters. The highest BCUT2D eigenvalue weighted by molar-refractivity contribution is 7.71. The number of nitrogens with zero attached hydrogens (tertiary/aromatic N) is 3. The van der Waals surface area contributed by atoms with Gasteiger partial charge in [0, 0.05) is 12.4 Å². The van der Waals surface area contributed by atoms with Crippen molar-refractivity contribution in [1.29, 1.82) is 0 Å². The van der Waals surface area contributed by atoms with E-state index < -0.39 is 0 Å². The third-order valence-corrected chi connectivity index (χ3v) is 1.83. The Morgan fingerprint density at radius 3 is 2.85 bits per heavy atom. The molecule has 0 saturated heterocycles. The summed E-state index contributed by atoms with van der Waals surface area (Å²) in [6.07, 6.45) is 7.01. The van der Waals surface area contributed by atoms with Gasteiger partial charge < -0.3 is 4.98 Å². The molecule has 0 saturated carbocycles. The zero-order valence-corrected chi connectivity index (χ0v) is 7.88. The van der Waals surface area contributed by atoms with E-state index in [1.165, 1.54) is 0 Å². The third kappa shape index (κ3) is 1.65. The van der Waals surface area contributed by atoms with Gasteiger partial charge in [-0.2, -0.15) is 5.10 Å². The van der Waals surface area contributed by atoms with Crippen LogP contribution in [0.5, 0.6) is 0 Å². The third-order valence-electron chi connectivity index (χ3n) is 1.60. The van der Waals surface area contributed by atoms with E-state index in [-0.39, 0.29) is 0 Å². The first-order valence-electron chi connectivity index (χ1n) is 3.82. The van der Waals surface area contributed by atoms with Gasteiger partial charge in [-0.15, -0.1) is 0 Å². The van der Waals surface area contributed by atoms with Gasteiger partial charge in [0.05, 0.1) is 12.4 Å². The zero-order chi connectivity index (χ0) is 9.26. The molecule has 13 heavy (non-hydrogen) atoms. The highest BCUT2D eigenvalue weighted by Gasteiger charge is 1.97. The Balaban J connectivity index is 2.47. The fourth-order valence-electron chi connectivity index (χ4n) is 0.998.